The number of nitrogens with zero attached hydrogens (tertiary/aromatic N) is 1. The van der Waals surface area contributed by atoms with Crippen molar-refractivity contribution < 1.29 is 0 Å². The lowest BCUT2D eigenvalue weighted by Crippen LogP contribution is -2.54. The molecule has 1 aromatic rings. The number of benzene rings is 1. The maximum absolute atomic E-state index is 3.77. The molecule has 0 aromatic heterocycles. The van der Waals surface area contributed by atoms with Crippen LogP contribution in [0.2, 0.25) is 0 Å². The van der Waals surface area contributed by atoms with Crippen molar-refractivity contribution in [3.05, 3.63) is 34.9 Å². The Bertz CT molecular complexity index is 482. The summed E-state index contributed by atoms with van der Waals surface area (Å²) in [6, 6.07) is 8.52. The zero-order chi connectivity index (χ0) is 12.8. The highest BCUT2D eigenvalue weighted by Gasteiger charge is 2.39. The second kappa shape index (κ2) is 4.60. The summed E-state index contributed by atoms with van der Waals surface area (Å²) in [5.41, 5.74) is 4.64. The summed E-state index contributed by atoms with van der Waals surface area (Å²) in [5, 5.41) is 3.77. The first-order valence-corrected chi connectivity index (χ1v) is 7.88. The summed E-state index contributed by atoms with van der Waals surface area (Å²) >= 11 is 0. The molecule has 2 saturated heterocycles. The fraction of sp³-hybridized carbons (Fsp3) is 0.647. The molecule has 2 nitrogen and oxygen atoms in total. The van der Waals surface area contributed by atoms with Crippen LogP contribution in [-0.4, -0.2) is 30.6 Å². The van der Waals surface area contributed by atoms with Gasteiger partial charge in [0.25, 0.3) is 0 Å². The van der Waals surface area contributed by atoms with Gasteiger partial charge in [0, 0.05) is 25.2 Å². The molecule has 2 heteroatoms. The molecule has 3 aliphatic rings. The molecule has 0 saturated carbocycles. The molecule has 102 valence electrons. The van der Waals surface area contributed by atoms with Gasteiger partial charge in [-0.05, 0) is 56.2 Å². The van der Waals surface area contributed by atoms with Gasteiger partial charge in [-0.2, -0.15) is 0 Å². The smallest absolute Gasteiger partial charge is 0.0366 e. The lowest BCUT2D eigenvalue weighted by Gasteiger charge is -2.49. The third-order valence-electron chi connectivity index (χ3n) is 5.44. The van der Waals surface area contributed by atoms with Gasteiger partial charge in [-0.1, -0.05) is 23.8 Å². The summed E-state index contributed by atoms with van der Waals surface area (Å²) in [6.45, 7) is 6.04. The molecule has 1 N–H and O–H groups in total. The third kappa shape index (κ3) is 2.02. The Morgan fingerprint density at radius 2 is 2.26 bits per heavy atom. The van der Waals surface area contributed by atoms with Gasteiger partial charge in [0.1, 0.15) is 0 Å². The SMILES string of the molecule is Cc1ccc2c(c1)C1CC3NCCCC3CN1CC2. The van der Waals surface area contributed by atoms with Crippen LogP contribution in [0.4, 0.5) is 0 Å². The zero-order valence-corrected chi connectivity index (χ0v) is 11.9. The number of aryl methyl sites for hydroxylation is 1. The molecular weight excluding hydrogens is 232 g/mol. The summed E-state index contributed by atoms with van der Waals surface area (Å²) in [5.74, 6) is 0.899. The van der Waals surface area contributed by atoms with Crippen molar-refractivity contribution >= 4 is 0 Å². The Hall–Kier alpha value is -0.860. The average Bonchev–Trinajstić information content (AvgIpc) is 2.45. The van der Waals surface area contributed by atoms with Crippen LogP contribution in [0.15, 0.2) is 18.2 Å². The predicted octanol–water partition coefficient (Wildman–Crippen LogP) is 2.67. The van der Waals surface area contributed by atoms with Crippen LogP contribution >= 0.6 is 0 Å². The Labute approximate surface area is 116 Å². The molecule has 0 spiro atoms. The highest BCUT2D eigenvalue weighted by atomic mass is 15.2. The van der Waals surface area contributed by atoms with E-state index in [4.69, 9.17) is 0 Å². The Balaban J connectivity index is 1.66. The third-order valence-corrected chi connectivity index (χ3v) is 5.44. The van der Waals surface area contributed by atoms with E-state index >= 15 is 0 Å². The van der Waals surface area contributed by atoms with E-state index in [1.807, 2.05) is 0 Å². The number of fused-ring (bicyclic) bond motifs is 4. The molecule has 2 fully saturated rings. The van der Waals surface area contributed by atoms with Gasteiger partial charge in [0.15, 0.2) is 0 Å². The molecule has 0 bridgehead atoms. The van der Waals surface area contributed by atoms with E-state index in [1.165, 1.54) is 50.9 Å². The molecular formula is C17H24N2. The van der Waals surface area contributed by atoms with E-state index in [9.17, 15) is 0 Å². The molecule has 3 atom stereocenters. The van der Waals surface area contributed by atoms with Crippen LogP contribution in [-0.2, 0) is 6.42 Å². The number of rotatable bonds is 0. The lowest BCUT2D eigenvalue weighted by molar-refractivity contribution is 0.0552. The number of hydrogen-bond donors (Lipinski definition) is 1. The van der Waals surface area contributed by atoms with Crippen LogP contribution in [0, 0.1) is 12.8 Å². The first-order chi connectivity index (χ1) is 9.31. The summed E-state index contributed by atoms with van der Waals surface area (Å²) in [7, 11) is 0. The standard InChI is InChI=1S/C17H24N2/c1-12-4-5-13-6-8-19-11-14-3-2-7-18-16(14)10-17(19)15(13)9-12/h4-5,9,14,16-18H,2-3,6-8,10-11H2,1H3. The normalized spacial score (nSPS) is 34.3. The highest BCUT2D eigenvalue weighted by Crippen LogP contribution is 2.40. The van der Waals surface area contributed by atoms with E-state index < -0.39 is 0 Å². The minimum atomic E-state index is 0.676. The van der Waals surface area contributed by atoms with E-state index in [-0.39, 0.29) is 0 Å². The fourth-order valence-electron chi connectivity index (χ4n) is 4.42. The molecule has 3 unspecified atom stereocenters. The molecule has 0 radical (unpaired) electrons. The quantitative estimate of drug-likeness (QED) is 0.768. The largest absolute Gasteiger partial charge is 0.314 e. The molecule has 0 aliphatic carbocycles. The van der Waals surface area contributed by atoms with Gasteiger partial charge in [0.2, 0.25) is 0 Å². The van der Waals surface area contributed by atoms with Crippen molar-refractivity contribution in [3.63, 3.8) is 0 Å². The highest BCUT2D eigenvalue weighted by molar-refractivity contribution is 5.36. The van der Waals surface area contributed by atoms with E-state index in [0.29, 0.717) is 6.04 Å². The number of piperidine rings is 2. The minimum Gasteiger partial charge on any atom is -0.314 e. The fourth-order valence-corrected chi connectivity index (χ4v) is 4.42. The maximum Gasteiger partial charge on any atom is 0.0366 e. The van der Waals surface area contributed by atoms with Crippen LogP contribution in [0.1, 0.15) is 42.0 Å². The molecule has 3 aliphatic heterocycles. The van der Waals surface area contributed by atoms with Crippen LogP contribution in [0.25, 0.3) is 0 Å². The van der Waals surface area contributed by atoms with E-state index in [0.717, 1.165) is 12.0 Å². The van der Waals surface area contributed by atoms with Gasteiger partial charge < -0.3 is 5.32 Å². The minimum absolute atomic E-state index is 0.676. The van der Waals surface area contributed by atoms with Crippen LogP contribution < -0.4 is 5.32 Å². The molecule has 19 heavy (non-hydrogen) atoms. The number of hydrogen-bond acceptors (Lipinski definition) is 2. The molecule has 3 heterocycles. The van der Waals surface area contributed by atoms with Crippen molar-refractivity contribution in [1.82, 2.24) is 10.2 Å². The topological polar surface area (TPSA) is 15.3 Å². The van der Waals surface area contributed by atoms with Gasteiger partial charge in [0.05, 0.1) is 0 Å². The van der Waals surface area contributed by atoms with Crippen LogP contribution in [0.3, 0.4) is 0 Å². The molecule has 4 rings (SSSR count). The van der Waals surface area contributed by atoms with Gasteiger partial charge in [-0.15, -0.1) is 0 Å². The number of nitrogens with one attached hydrogen (secondary N) is 1. The summed E-state index contributed by atoms with van der Waals surface area (Å²) in [6.07, 6.45) is 5.37. The van der Waals surface area contributed by atoms with Crippen molar-refractivity contribution in [3.8, 4) is 0 Å². The molecule has 1 aromatic carbocycles. The predicted molar refractivity (Wildman–Crippen MR) is 78.3 cm³/mol. The zero-order valence-electron chi connectivity index (χ0n) is 11.9. The van der Waals surface area contributed by atoms with Gasteiger partial charge in [-0.3, -0.25) is 4.90 Å². The lowest BCUT2D eigenvalue weighted by atomic mass is 9.77. The van der Waals surface area contributed by atoms with Crippen molar-refractivity contribution in [1.29, 1.82) is 0 Å². The first-order valence-electron chi connectivity index (χ1n) is 7.88. The summed E-state index contributed by atoms with van der Waals surface area (Å²) in [4.78, 5) is 2.76. The van der Waals surface area contributed by atoms with Crippen molar-refractivity contribution in [2.45, 2.75) is 44.7 Å². The van der Waals surface area contributed by atoms with Gasteiger partial charge in [-0.25, -0.2) is 0 Å². The first kappa shape index (κ1) is 11.9. The summed E-state index contributed by atoms with van der Waals surface area (Å²) < 4.78 is 0. The van der Waals surface area contributed by atoms with Crippen molar-refractivity contribution in [2.75, 3.05) is 19.6 Å². The average molecular weight is 256 g/mol. The second-order valence-corrected chi connectivity index (χ2v) is 6.66. The second-order valence-electron chi connectivity index (χ2n) is 6.66. The van der Waals surface area contributed by atoms with Crippen LogP contribution in [0.5, 0.6) is 0 Å². The Kier molecular flexibility index (Phi) is 2.89. The van der Waals surface area contributed by atoms with E-state index in [2.05, 4.69) is 35.3 Å². The van der Waals surface area contributed by atoms with Gasteiger partial charge >= 0.3 is 0 Å². The monoisotopic (exact) mass is 256 g/mol. The van der Waals surface area contributed by atoms with E-state index in [1.54, 1.807) is 11.1 Å². The Morgan fingerprint density at radius 3 is 3.21 bits per heavy atom. The van der Waals surface area contributed by atoms with Crippen molar-refractivity contribution in [2.24, 2.45) is 5.92 Å². The Morgan fingerprint density at radius 1 is 1.32 bits per heavy atom. The maximum atomic E-state index is 3.77. The molecule has 0 amide bonds.